The van der Waals surface area contributed by atoms with E-state index >= 15 is 0 Å². The maximum absolute atomic E-state index is 5.82. The smallest absolute Gasteiger partial charge is 0.234 e. The van der Waals surface area contributed by atoms with Gasteiger partial charge >= 0.3 is 0 Å². The van der Waals surface area contributed by atoms with Gasteiger partial charge in [-0.15, -0.1) is 0 Å². The molecule has 1 aliphatic rings. The van der Waals surface area contributed by atoms with Crippen LogP contribution >= 0.6 is 0 Å². The Hall–Kier alpha value is -1.75. The second-order valence-electron chi connectivity index (χ2n) is 4.89. The minimum Gasteiger partial charge on any atom is -0.339 e. The summed E-state index contributed by atoms with van der Waals surface area (Å²) in [5, 5.41) is 4.04. The zero-order valence-corrected chi connectivity index (χ0v) is 10.2. The van der Waals surface area contributed by atoms with Gasteiger partial charge in [-0.3, -0.25) is 4.98 Å². The van der Waals surface area contributed by atoms with Crippen molar-refractivity contribution >= 4 is 0 Å². The summed E-state index contributed by atoms with van der Waals surface area (Å²) in [5.74, 6) is 1.41. The Kier molecular flexibility index (Phi) is 2.83. The Morgan fingerprint density at radius 2 is 2.28 bits per heavy atom. The largest absolute Gasteiger partial charge is 0.339 e. The van der Waals surface area contributed by atoms with Crippen molar-refractivity contribution in [3.63, 3.8) is 0 Å². The van der Waals surface area contributed by atoms with E-state index < -0.39 is 0 Å². The van der Waals surface area contributed by atoms with Crippen LogP contribution in [0.3, 0.4) is 0 Å². The van der Waals surface area contributed by atoms with Crippen molar-refractivity contribution in [1.29, 1.82) is 0 Å². The van der Waals surface area contributed by atoms with E-state index in [9.17, 15) is 0 Å². The zero-order chi connectivity index (χ0) is 12.4. The summed E-state index contributed by atoms with van der Waals surface area (Å²) in [5.41, 5.74) is 6.85. The molecule has 0 unspecified atom stereocenters. The maximum atomic E-state index is 5.82. The molecule has 5 nitrogen and oxygen atoms in total. The maximum Gasteiger partial charge on any atom is 0.234 e. The minimum atomic E-state index is -0.0554. The van der Waals surface area contributed by atoms with Crippen molar-refractivity contribution in [3.05, 3.63) is 41.8 Å². The van der Waals surface area contributed by atoms with Gasteiger partial charge in [0.15, 0.2) is 5.82 Å². The lowest BCUT2D eigenvalue weighted by molar-refractivity contribution is 0.181. The molecule has 0 radical (unpaired) electrons. The summed E-state index contributed by atoms with van der Waals surface area (Å²) in [6, 6.07) is 3.91. The molecule has 0 aliphatic heterocycles. The lowest BCUT2D eigenvalue weighted by atomic mass is 9.69. The highest BCUT2D eigenvalue weighted by molar-refractivity contribution is 5.16. The molecule has 0 aromatic carbocycles. The fourth-order valence-corrected chi connectivity index (χ4v) is 2.34. The second kappa shape index (κ2) is 4.49. The monoisotopic (exact) mass is 244 g/mol. The molecule has 94 valence electrons. The van der Waals surface area contributed by atoms with Gasteiger partial charge in [-0.2, -0.15) is 4.98 Å². The van der Waals surface area contributed by atoms with Crippen LogP contribution in [0.2, 0.25) is 0 Å². The SMILES string of the molecule is NCC1(c2nc(Cc3cccnc3)no2)CCC1. The van der Waals surface area contributed by atoms with E-state index in [1.165, 1.54) is 6.42 Å². The molecular formula is C13H16N4O. The summed E-state index contributed by atoms with van der Waals surface area (Å²) in [7, 11) is 0. The average Bonchev–Trinajstić information content (AvgIpc) is 2.79. The highest BCUT2D eigenvalue weighted by atomic mass is 16.5. The third-order valence-corrected chi connectivity index (χ3v) is 3.71. The first kappa shape index (κ1) is 11.3. The molecule has 2 aromatic rings. The van der Waals surface area contributed by atoms with Gasteiger partial charge in [-0.1, -0.05) is 17.6 Å². The lowest BCUT2D eigenvalue weighted by Gasteiger charge is -2.36. The van der Waals surface area contributed by atoms with Gasteiger partial charge in [-0.25, -0.2) is 0 Å². The molecule has 3 rings (SSSR count). The fourth-order valence-electron chi connectivity index (χ4n) is 2.34. The Morgan fingerprint density at radius 3 is 2.89 bits per heavy atom. The van der Waals surface area contributed by atoms with Crippen molar-refractivity contribution in [1.82, 2.24) is 15.1 Å². The molecule has 0 bridgehead atoms. The first-order chi connectivity index (χ1) is 8.82. The van der Waals surface area contributed by atoms with Crippen molar-refractivity contribution in [2.45, 2.75) is 31.1 Å². The van der Waals surface area contributed by atoms with Crippen LogP contribution in [0.25, 0.3) is 0 Å². The summed E-state index contributed by atoms with van der Waals surface area (Å²) >= 11 is 0. The van der Waals surface area contributed by atoms with Gasteiger partial charge in [0.25, 0.3) is 0 Å². The van der Waals surface area contributed by atoms with Gasteiger partial charge in [0, 0.05) is 25.4 Å². The highest BCUT2D eigenvalue weighted by Crippen LogP contribution is 2.41. The molecule has 0 spiro atoms. The van der Waals surface area contributed by atoms with Crippen LogP contribution in [0, 0.1) is 0 Å². The summed E-state index contributed by atoms with van der Waals surface area (Å²) in [4.78, 5) is 8.56. The van der Waals surface area contributed by atoms with Crippen LogP contribution in [0.5, 0.6) is 0 Å². The lowest BCUT2D eigenvalue weighted by Crippen LogP contribution is -2.41. The van der Waals surface area contributed by atoms with E-state index in [0.717, 1.165) is 18.4 Å². The van der Waals surface area contributed by atoms with Crippen LogP contribution in [-0.4, -0.2) is 21.7 Å². The van der Waals surface area contributed by atoms with Crippen LogP contribution in [0.1, 0.15) is 36.5 Å². The summed E-state index contributed by atoms with van der Waals surface area (Å²) in [6.45, 7) is 0.585. The van der Waals surface area contributed by atoms with Crippen molar-refractivity contribution in [2.24, 2.45) is 5.73 Å². The molecule has 2 aromatic heterocycles. The van der Waals surface area contributed by atoms with E-state index in [2.05, 4.69) is 15.1 Å². The fraction of sp³-hybridized carbons (Fsp3) is 0.462. The number of nitrogens with zero attached hydrogens (tertiary/aromatic N) is 3. The van der Waals surface area contributed by atoms with Gasteiger partial charge in [0.2, 0.25) is 5.89 Å². The third kappa shape index (κ3) is 1.90. The number of nitrogens with two attached hydrogens (primary N) is 1. The number of hydrogen-bond donors (Lipinski definition) is 1. The highest BCUT2D eigenvalue weighted by Gasteiger charge is 2.42. The third-order valence-electron chi connectivity index (χ3n) is 3.71. The van der Waals surface area contributed by atoms with E-state index in [-0.39, 0.29) is 5.41 Å². The quantitative estimate of drug-likeness (QED) is 0.880. The Bertz CT molecular complexity index is 513. The van der Waals surface area contributed by atoms with Crippen LogP contribution < -0.4 is 5.73 Å². The van der Waals surface area contributed by atoms with E-state index in [1.54, 1.807) is 6.20 Å². The van der Waals surface area contributed by atoms with Crippen LogP contribution in [-0.2, 0) is 11.8 Å². The topological polar surface area (TPSA) is 77.8 Å². The molecule has 0 atom stereocenters. The Balaban J connectivity index is 1.78. The van der Waals surface area contributed by atoms with Gasteiger partial charge < -0.3 is 10.3 Å². The van der Waals surface area contributed by atoms with Crippen molar-refractivity contribution < 1.29 is 4.52 Å². The average molecular weight is 244 g/mol. The Labute approximate surface area is 105 Å². The van der Waals surface area contributed by atoms with Gasteiger partial charge in [0.1, 0.15) is 0 Å². The standard InChI is InChI=1S/C13H16N4O/c14-9-13(4-2-5-13)12-16-11(17-18-12)7-10-3-1-6-15-8-10/h1,3,6,8H,2,4-5,7,9,14H2. The second-order valence-corrected chi connectivity index (χ2v) is 4.89. The van der Waals surface area contributed by atoms with E-state index in [0.29, 0.717) is 24.7 Å². The molecule has 2 heterocycles. The number of hydrogen-bond acceptors (Lipinski definition) is 5. The van der Waals surface area contributed by atoms with Gasteiger partial charge in [-0.05, 0) is 24.5 Å². The zero-order valence-electron chi connectivity index (χ0n) is 10.2. The van der Waals surface area contributed by atoms with E-state index in [4.69, 9.17) is 10.3 Å². The minimum absolute atomic E-state index is 0.0554. The molecule has 0 saturated heterocycles. The summed E-state index contributed by atoms with van der Waals surface area (Å²) in [6.07, 6.45) is 7.52. The van der Waals surface area contributed by atoms with Crippen LogP contribution in [0.4, 0.5) is 0 Å². The molecule has 5 heteroatoms. The first-order valence-electron chi connectivity index (χ1n) is 6.24. The molecule has 1 aliphatic carbocycles. The predicted molar refractivity (Wildman–Crippen MR) is 65.9 cm³/mol. The van der Waals surface area contributed by atoms with Crippen molar-refractivity contribution in [3.8, 4) is 0 Å². The van der Waals surface area contributed by atoms with Gasteiger partial charge in [0.05, 0.1) is 5.41 Å². The summed E-state index contributed by atoms with van der Waals surface area (Å²) < 4.78 is 5.37. The van der Waals surface area contributed by atoms with E-state index in [1.807, 2.05) is 18.3 Å². The van der Waals surface area contributed by atoms with Crippen LogP contribution in [0.15, 0.2) is 29.0 Å². The first-order valence-corrected chi connectivity index (χ1v) is 6.24. The molecule has 1 fully saturated rings. The number of aromatic nitrogens is 3. The predicted octanol–water partition coefficient (Wildman–Crippen LogP) is 1.44. The Morgan fingerprint density at radius 1 is 1.39 bits per heavy atom. The van der Waals surface area contributed by atoms with Crippen molar-refractivity contribution in [2.75, 3.05) is 6.54 Å². The molecule has 18 heavy (non-hydrogen) atoms. The molecule has 2 N–H and O–H groups in total. The molecule has 0 amide bonds. The number of pyridine rings is 1. The number of rotatable bonds is 4. The molecule has 1 saturated carbocycles. The molecular weight excluding hydrogens is 228 g/mol. The normalized spacial score (nSPS) is 17.4.